The Morgan fingerprint density at radius 1 is 0.844 bits per heavy atom. The van der Waals surface area contributed by atoms with Gasteiger partial charge in [0.2, 0.25) is 0 Å². The van der Waals surface area contributed by atoms with Gasteiger partial charge >= 0.3 is 0 Å². The van der Waals surface area contributed by atoms with Gasteiger partial charge in [-0.1, -0.05) is 30.3 Å². The van der Waals surface area contributed by atoms with Crippen LogP contribution in [0.1, 0.15) is 10.4 Å². The number of hydrogen-bond acceptors (Lipinski definition) is 5. The predicted molar refractivity (Wildman–Crippen MR) is 125 cm³/mol. The number of methoxy groups -OCH3 is 1. The topological polar surface area (TPSA) is 79.0 Å². The Bertz CT molecular complexity index is 1170. The lowest BCUT2D eigenvalue weighted by molar-refractivity contribution is 0.0746. The molecular formula is C24H25N3O4S. The van der Waals surface area contributed by atoms with E-state index in [4.69, 9.17) is 4.74 Å². The molecule has 1 amide bonds. The van der Waals surface area contributed by atoms with Crippen LogP contribution < -0.4 is 14.4 Å². The summed E-state index contributed by atoms with van der Waals surface area (Å²) >= 11 is 0. The molecule has 1 aliphatic rings. The molecule has 1 saturated heterocycles. The van der Waals surface area contributed by atoms with Crippen molar-refractivity contribution in [2.24, 2.45) is 0 Å². The predicted octanol–water partition coefficient (Wildman–Crippen LogP) is 3.46. The Labute approximate surface area is 188 Å². The summed E-state index contributed by atoms with van der Waals surface area (Å²) in [5.74, 6) is 0.706. The first-order valence-electron chi connectivity index (χ1n) is 10.3. The van der Waals surface area contributed by atoms with Crippen molar-refractivity contribution < 1.29 is 17.9 Å². The van der Waals surface area contributed by atoms with E-state index in [1.54, 1.807) is 48.4 Å². The van der Waals surface area contributed by atoms with Crippen molar-refractivity contribution in [2.75, 3.05) is 42.9 Å². The van der Waals surface area contributed by atoms with Crippen LogP contribution in [0.2, 0.25) is 0 Å². The highest BCUT2D eigenvalue weighted by molar-refractivity contribution is 7.92. The number of ether oxygens (including phenoxy) is 1. The zero-order valence-corrected chi connectivity index (χ0v) is 18.6. The van der Waals surface area contributed by atoms with E-state index in [2.05, 4.69) is 9.62 Å². The van der Waals surface area contributed by atoms with Crippen LogP contribution in [-0.4, -0.2) is 52.5 Å². The van der Waals surface area contributed by atoms with Gasteiger partial charge in [0, 0.05) is 37.4 Å². The maximum absolute atomic E-state index is 12.9. The summed E-state index contributed by atoms with van der Waals surface area (Å²) < 4.78 is 33.1. The van der Waals surface area contributed by atoms with Crippen LogP contribution in [0.4, 0.5) is 11.4 Å². The number of sulfonamides is 1. The zero-order valence-electron chi connectivity index (χ0n) is 17.8. The van der Waals surface area contributed by atoms with Crippen molar-refractivity contribution >= 4 is 27.3 Å². The second kappa shape index (κ2) is 9.32. The molecule has 1 aliphatic heterocycles. The number of carbonyl (C=O) groups excluding carboxylic acids is 1. The van der Waals surface area contributed by atoms with Gasteiger partial charge < -0.3 is 14.5 Å². The quantitative estimate of drug-likeness (QED) is 0.621. The van der Waals surface area contributed by atoms with Crippen LogP contribution in [0, 0.1) is 0 Å². The second-order valence-corrected chi connectivity index (χ2v) is 9.13. The fourth-order valence-electron chi connectivity index (χ4n) is 3.72. The highest BCUT2D eigenvalue weighted by Gasteiger charge is 2.24. The van der Waals surface area contributed by atoms with Gasteiger partial charge in [-0.2, -0.15) is 0 Å². The summed E-state index contributed by atoms with van der Waals surface area (Å²) in [5.41, 5.74) is 1.97. The molecule has 1 heterocycles. The van der Waals surface area contributed by atoms with Gasteiger partial charge in [-0.15, -0.1) is 0 Å². The Morgan fingerprint density at radius 3 is 2.12 bits per heavy atom. The van der Waals surface area contributed by atoms with Gasteiger partial charge in [-0.05, 0) is 48.5 Å². The number of nitrogens with one attached hydrogen (secondary N) is 1. The number of para-hydroxylation sites is 3. The van der Waals surface area contributed by atoms with Crippen molar-refractivity contribution in [2.45, 2.75) is 4.90 Å². The molecule has 32 heavy (non-hydrogen) atoms. The van der Waals surface area contributed by atoms with Crippen molar-refractivity contribution in [3.63, 3.8) is 0 Å². The normalized spacial score (nSPS) is 14.2. The van der Waals surface area contributed by atoms with Crippen LogP contribution >= 0.6 is 0 Å². The molecule has 0 unspecified atom stereocenters. The minimum absolute atomic E-state index is 0.107. The van der Waals surface area contributed by atoms with Crippen molar-refractivity contribution in [3.05, 3.63) is 84.4 Å². The standard InChI is InChI=1S/C24H25N3O4S/c1-31-23-10-6-5-9-22(23)26-15-17-27(18-16-26)24(28)19-11-13-21(14-12-19)32(29,30)25-20-7-3-2-4-8-20/h2-14,25H,15-18H2,1H3. The SMILES string of the molecule is COc1ccccc1N1CCN(C(=O)c2ccc(S(=O)(=O)Nc3ccccc3)cc2)CC1. The van der Waals surface area contributed by atoms with E-state index in [1.807, 2.05) is 30.3 Å². The van der Waals surface area contributed by atoms with Crippen LogP contribution in [0.3, 0.4) is 0 Å². The summed E-state index contributed by atoms with van der Waals surface area (Å²) in [6.07, 6.45) is 0. The molecule has 0 spiro atoms. The van der Waals surface area contributed by atoms with E-state index in [1.165, 1.54) is 12.1 Å². The molecule has 8 heteroatoms. The first-order chi connectivity index (χ1) is 15.5. The Kier molecular flexibility index (Phi) is 6.32. The number of piperazine rings is 1. The molecular weight excluding hydrogens is 426 g/mol. The van der Waals surface area contributed by atoms with E-state index in [-0.39, 0.29) is 10.8 Å². The van der Waals surface area contributed by atoms with Gasteiger partial charge in [0.25, 0.3) is 15.9 Å². The van der Waals surface area contributed by atoms with Gasteiger partial charge in [-0.3, -0.25) is 9.52 Å². The molecule has 4 rings (SSSR count). The minimum Gasteiger partial charge on any atom is -0.495 e. The lowest BCUT2D eigenvalue weighted by atomic mass is 10.1. The number of nitrogens with zero attached hydrogens (tertiary/aromatic N) is 2. The molecule has 0 saturated carbocycles. The fourth-order valence-corrected chi connectivity index (χ4v) is 4.78. The largest absolute Gasteiger partial charge is 0.495 e. The second-order valence-electron chi connectivity index (χ2n) is 7.45. The third-order valence-corrected chi connectivity index (χ3v) is 6.83. The molecule has 0 radical (unpaired) electrons. The van der Waals surface area contributed by atoms with Crippen LogP contribution in [0.25, 0.3) is 0 Å². The molecule has 0 aliphatic carbocycles. The van der Waals surface area contributed by atoms with Gasteiger partial charge in [-0.25, -0.2) is 8.42 Å². The summed E-state index contributed by atoms with van der Waals surface area (Å²) in [5, 5.41) is 0. The molecule has 166 valence electrons. The molecule has 1 fully saturated rings. The van der Waals surface area contributed by atoms with E-state index in [0.717, 1.165) is 11.4 Å². The molecule has 1 N–H and O–H groups in total. The van der Waals surface area contributed by atoms with E-state index in [9.17, 15) is 13.2 Å². The van der Waals surface area contributed by atoms with Gasteiger partial charge in [0.1, 0.15) is 5.75 Å². The van der Waals surface area contributed by atoms with Crippen molar-refractivity contribution in [3.8, 4) is 5.75 Å². The van der Waals surface area contributed by atoms with E-state index >= 15 is 0 Å². The van der Waals surface area contributed by atoms with Crippen molar-refractivity contribution in [1.29, 1.82) is 0 Å². The molecule has 0 aromatic heterocycles. The first kappa shape index (κ1) is 21.7. The lowest BCUT2D eigenvalue weighted by Crippen LogP contribution is -2.48. The van der Waals surface area contributed by atoms with Crippen LogP contribution in [0.5, 0.6) is 5.75 Å². The lowest BCUT2D eigenvalue weighted by Gasteiger charge is -2.36. The smallest absolute Gasteiger partial charge is 0.261 e. The molecule has 3 aromatic rings. The maximum atomic E-state index is 12.9. The third kappa shape index (κ3) is 4.70. The molecule has 7 nitrogen and oxygen atoms in total. The number of rotatable bonds is 6. The number of benzene rings is 3. The zero-order chi connectivity index (χ0) is 22.6. The molecule has 0 atom stereocenters. The maximum Gasteiger partial charge on any atom is 0.261 e. The summed E-state index contributed by atoms with van der Waals surface area (Å²) in [6.45, 7) is 2.54. The van der Waals surface area contributed by atoms with Crippen LogP contribution in [-0.2, 0) is 10.0 Å². The third-order valence-electron chi connectivity index (χ3n) is 5.43. The Hall–Kier alpha value is -3.52. The number of anilines is 2. The number of amides is 1. The monoisotopic (exact) mass is 451 g/mol. The van der Waals surface area contributed by atoms with Crippen molar-refractivity contribution in [1.82, 2.24) is 4.90 Å². The van der Waals surface area contributed by atoms with E-state index in [0.29, 0.717) is 37.4 Å². The van der Waals surface area contributed by atoms with Crippen LogP contribution in [0.15, 0.2) is 83.8 Å². The van der Waals surface area contributed by atoms with Gasteiger partial charge in [0.15, 0.2) is 0 Å². The number of hydrogen-bond donors (Lipinski definition) is 1. The summed E-state index contributed by atoms with van der Waals surface area (Å²) in [7, 11) is -2.07. The average molecular weight is 452 g/mol. The highest BCUT2D eigenvalue weighted by Crippen LogP contribution is 2.28. The fraction of sp³-hybridized carbons (Fsp3) is 0.208. The molecule has 0 bridgehead atoms. The minimum atomic E-state index is -3.72. The Morgan fingerprint density at radius 2 is 1.47 bits per heavy atom. The number of carbonyl (C=O) groups is 1. The van der Waals surface area contributed by atoms with E-state index < -0.39 is 10.0 Å². The highest BCUT2D eigenvalue weighted by atomic mass is 32.2. The first-order valence-corrected chi connectivity index (χ1v) is 11.8. The summed E-state index contributed by atoms with van der Waals surface area (Å²) in [4.78, 5) is 17.0. The molecule has 3 aromatic carbocycles. The van der Waals surface area contributed by atoms with Gasteiger partial charge in [0.05, 0.1) is 17.7 Å². The Balaban J connectivity index is 1.40. The summed E-state index contributed by atoms with van der Waals surface area (Å²) in [6, 6.07) is 22.6. The average Bonchev–Trinajstić information content (AvgIpc) is 2.84.